The lowest BCUT2D eigenvalue weighted by atomic mass is 9.98. The van der Waals surface area contributed by atoms with Gasteiger partial charge < -0.3 is 10.4 Å². The molecule has 0 bridgehead atoms. The van der Waals surface area contributed by atoms with E-state index in [1.165, 1.54) is 0 Å². The number of hydrogen-bond acceptors (Lipinski definition) is 3. The third-order valence-corrected chi connectivity index (χ3v) is 4.51. The van der Waals surface area contributed by atoms with Gasteiger partial charge in [-0.25, -0.2) is 0 Å². The monoisotopic (exact) mass is 271 g/mol. The number of carboxylic acids is 1. The number of aryl methyl sites for hydroxylation is 1. The van der Waals surface area contributed by atoms with Crippen LogP contribution in [-0.2, 0) is 4.79 Å². The van der Waals surface area contributed by atoms with Gasteiger partial charge in [0.15, 0.2) is 0 Å². The van der Waals surface area contributed by atoms with Crippen LogP contribution in [0.5, 0.6) is 0 Å². The largest absolute Gasteiger partial charge is 0.480 e. The quantitative estimate of drug-likeness (QED) is 0.881. The van der Waals surface area contributed by atoms with Crippen molar-refractivity contribution in [3.05, 3.63) is 16.4 Å². The predicted octanol–water partition coefficient (Wildman–Crippen LogP) is 1.92. The lowest BCUT2D eigenvalue weighted by molar-refractivity contribution is -0.144. The molecule has 2 unspecified atom stereocenters. The Hall–Kier alpha value is -1.07. The van der Waals surface area contributed by atoms with Crippen LogP contribution in [0.1, 0.15) is 36.7 Å². The Morgan fingerprint density at radius 1 is 1.61 bits per heavy atom. The van der Waals surface area contributed by atoms with Crippen LogP contribution in [0.15, 0.2) is 0 Å². The molecule has 100 valence electrons. The lowest BCUT2D eigenvalue weighted by Crippen LogP contribution is -2.48. The first-order chi connectivity index (χ1) is 8.41. The number of aromatic nitrogens is 2. The van der Waals surface area contributed by atoms with Gasteiger partial charge in [0, 0.05) is 0 Å². The molecule has 1 fully saturated rings. The molecule has 0 spiro atoms. The zero-order chi connectivity index (χ0) is 13.5. The number of hydrogen-bond donors (Lipinski definition) is 2. The highest BCUT2D eigenvalue weighted by Gasteiger charge is 2.45. The molecule has 6 heteroatoms. The fraction of sp³-hybridized carbons (Fsp3) is 0.667. The number of carbonyl (C=O) groups is 1. The summed E-state index contributed by atoms with van der Waals surface area (Å²) in [6, 6.07) is 0.0970. The second-order valence-corrected chi connectivity index (χ2v) is 5.34. The SMILES string of the molecule is CNC1(C(=O)O)CCC(n2nc(C)c(Cl)c2C)C1. The van der Waals surface area contributed by atoms with E-state index < -0.39 is 11.5 Å². The van der Waals surface area contributed by atoms with Gasteiger partial charge in [-0.05, 0) is 40.2 Å². The molecule has 0 aliphatic heterocycles. The Morgan fingerprint density at radius 3 is 2.67 bits per heavy atom. The lowest BCUT2D eigenvalue weighted by Gasteiger charge is -2.23. The second kappa shape index (κ2) is 4.55. The van der Waals surface area contributed by atoms with Crippen molar-refractivity contribution >= 4 is 17.6 Å². The maximum absolute atomic E-state index is 11.4. The van der Waals surface area contributed by atoms with Gasteiger partial charge in [-0.3, -0.25) is 9.48 Å². The molecule has 1 saturated carbocycles. The Morgan fingerprint density at radius 2 is 2.28 bits per heavy atom. The van der Waals surface area contributed by atoms with Crippen molar-refractivity contribution in [1.82, 2.24) is 15.1 Å². The molecule has 1 aliphatic rings. The van der Waals surface area contributed by atoms with E-state index in [9.17, 15) is 9.90 Å². The average Bonchev–Trinajstić information content (AvgIpc) is 2.88. The molecule has 2 N–H and O–H groups in total. The highest BCUT2D eigenvalue weighted by atomic mass is 35.5. The van der Waals surface area contributed by atoms with Gasteiger partial charge in [0.2, 0.25) is 0 Å². The number of rotatable bonds is 3. The van der Waals surface area contributed by atoms with Crippen molar-refractivity contribution in [1.29, 1.82) is 0 Å². The minimum atomic E-state index is -0.830. The summed E-state index contributed by atoms with van der Waals surface area (Å²) in [7, 11) is 1.70. The van der Waals surface area contributed by atoms with Crippen molar-refractivity contribution in [3.8, 4) is 0 Å². The molecule has 2 atom stereocenters. The molecule has 0 aromatic carbocycles. The third-order valence-electron chi connectivity index (χ3n) is 3.96. The Balaban J connectivity index is 2.28. The van der Waals surface area contributed by atoms with Crippen LogP contribution in [0, 0.1) is 13.8 Å². The summed E-state index contributed by atoms with van der Waals surface area (Å²) >= 11 is 6.13. The smallest absolute Gasteiger partial charge is 0.323 e. The molecule has 2 rings (SSSR count). The van der Waals surface area contributed by atoms with Crippen LogP contribution < -0.4 is 5.32 Å². The van der Waals surface area contributed by atoms with Crippen LogP contribution in [0.4, 0.5) is 0 Å². The number of carboxylic acid groups (broad SMARTS) is 1. The average molecular weight is 272 g/mol. The Labute approximate surface area is 111 Å². The zero-order valence-electron chi connectivity index (χ0n) is 10.8. The minimum absolute atomic E-state index is 0.0970. The number of likely N-dealkylation sites (N-methyl/N-ethyl adjacent to an activating group) is 1. The summed E-state index contributed by atoms with van der Waals surface area (Å²) in [6.07, 6.45) is 1.95. The molecule has 18 heavy (non-hydrogen) atoms. The highest BCUT2D eigenvalue weighted by molar-refractivity contribution is 6.31. The number of nitrogens with zero attached hydrogens (tertiary/aromatic N) is 2. The van der Waals surface area contributed by atoms with Crippen molar-refractivity contribution < 1.29 is 9.90 Å². The van der Waals surface area contributed by atoms with Gasteiger partial charge in [0.05, 0.1) is 22.5 Å². The molecule has 1 aromatic rings. The first kappa shape index (κ1) is 13.4. The summed E-state index contributed by atoms with van der Waals surface area (Å²) in [5, 5.41) is 17.4. The van der Waals surface area contributed by atoms with E-state index in [1.54, 1.807) is 7.05 Å². The molecule has 1 aromatic heterocycles. The van der Waals surface area contributed by atoms with Crippen molar-refractivity contribution in [2.24, 2.45) is 0 Å². The van der Waals surface area contributed by atoms with Crippen molar-refractivity contribution in [2.75, 3.05) is 7.05 Å². The van der Waals surface area contributed by atoms with Crippen molar-refractivity contribution in [3.63, 3.8) is 0 Å². The first-order valence-corrected chi connectivity index (χ1v) is 6.42. The summed E-state index contributed by atoms with van der Waals surface area (Å²) in [4.78, 5) is 11.4. The van der Waals surface area contributed by atoms with Gasteiger partial charge >= 0.3 is 5.97 Å². The first-order valence-electron chi connectivity index (χ1n) is 6.05. The summed E-state index contributed by atoms with van der Waals surface area (Å²) < 4.78 is 1.87. The van der Waals surface area contributed by atoms with Gasteiger partial charge in [-0.15, -0.1) is 0 Å². The van der Waals surface area contributed by atoms with Crippen LogP contribution in [0.3, 0.4) is 0 Å². The maximum atomic E-state index is 11.4. The van der Waals surface area contributed by atoms with Crippen LogP contribution >= 0.6 is 11.6 Å². The van der Waals surface area contributed by atoms with Crippen molar-refractivity contribution in [2.45, 2.75) is 44.7 Å². The molecule has 1 heterocycles. The summed E-state index contributed by atoms with van der Waals surface area (Å²) in [5.74, 6) is -0.792. The zero-order valence-corrected chi connectivity index (χ0v) is 11.6. The van der Waals surface area contributed by atoms with Gasteiger partial charge in [0.25, 0.3) is 0 Å². The Bertz CT molecular complexity index is 486. The van der Waals surface area contributed by atoms with Crippen LogP contribution in [0.25, 0.3) is 0 Å². The van der Waals surface area contributed by atoms with Gasteiger partial charge in [-0.2, -0.15) is 5.10 Å². The van der Waals surface area contributed by atoms with E-state index >= 15 is 0 Å². The highest BCUT2D eigenvalue weighted by Crippen LogP contribution is 2.39. The number of nitrogens with one attached hydrogen (secondary N) is 1. The van der Waals surface area contributed by atoms with E-state index in [-0.39, 0.29) is 6.04 Å². The van der Waals surface area contributed by atoms with Gasteiger partial charge in [-0.1, -0.05) is 11.6 Å². The maximum Gasteiger partial charge on any atom is 0.323 e. The fourth-order valence-corrected chi connectivity index (χ4v) is 2.88. The Kier molecular flexibility index (Phi) is 3.38. The number of halogens is 1. The standard InChI is InChI=1S/C12H18ClN3O2/c1-7-10(13)8(2)16(15-7)9-4-5-12(6-9,14-3)11(17)18/h9,14H,4-6H2,1-3H3,(H,17,18). The minimum Gasteiger partial charge on any atom is -0.480 e. The second-order valence-electron chi connectivity index (χ2n) is 4.96. The topological polar surface area (TPSA) is 67.2 Å². The molecule has 0 amide bonds. The molecule has 5 nitrogen and oxygen atoms in total. The van der Waals surface area contributed by atoms with E-state index in [0.29, 0.717) is 17.9 Å². The fourth-order valence-electron chi connectivity index (χ4n) is 2.75. The van der Waals surface area contributed by atoms with E-state index in [1.807, 2.05) is 18.5 Å². The molecular formula is C12H18ClN3O2. The molecule has 0 saturated heterocycles. The van der Waals surface area contributed by atoms with E-state index in [4.69, 9.17) is 11.6 Å². The normalized spacial score (nSPS) is 27.7. The third kappa shape index (κ3) is 1.91. The number of aliphatic carboxylic acids is 1. The molecule has 1 aliphatic carbocycles. The summed E-state index contributed by atoms with van der Waals surface area (Å²) in [6.45, 7) is 3.78. The van der Waals surface area contributed by atoms with E-state index in [2.05, 4.69) is 10.4 Å². The van der Waals surface area contributed by atoms with Gasteiger partial charge in [0.1, 0.15) is 5.54 Å². The van der Waals surface area contributed by atoms with E-state index in [0.717, 1.165) is 17.8 Å². The molecular weight excluding hydrogens is 254 g/mol. The molecule has 0 radical (unpaired) electrons. The summed E-state index contributed by atoms with van der Waals surface area (Å²) in [5.41, 5.74) is 0.881. The predicted molar refractivity (Wildman–Crippen MR) is 69.0 cm³/mol. The van der Waals surface area contributed by atoms with Crippen LogP contribution in [0.2, 0.25) is 5.02 Å². The van der Waals surface area contributed by atoms with Crippen LogP contribution in [-0.4, -0.2) is 33.4 Å².